The molecule has 0 saturated heterocycles. The summed E-state index contributed by atoms with van der Waals surface area (Å²) in [7, 11) is 0. The first-order chi connectivity index (χ1) is 10.3. The lowest BCUT2D eigenvalue weighted by atomic mass is 10.00. The SMILES string of the molecule is O=C(NC[C@H](O)C1CCCC1)[C@H]1SCCc2ccccc21. The maximum atomic E-state index is 12.4. The summed E-state index contributed by atoms with van der Waals surface area (Å²) in [5.41, 5.74) is 2.43. The number of hydrogen-bond acceptors (Lipinski definition) is 3. The van der Waals surface area contributed by atoms with Crippen LogP contribution in [0.5, 0.6) is 0 Å². The van der Waals surface area contributed by atoms with Crippen LogP contribution >= 0.6 is 11.8 Å². The molecule has 1 aromatic rings. The van der Waals surface area contributed by atoms with Crippen molar-refractivity contribution in [1.82, 2.24) is 5.32 Å². The molecular formula is C17H23NO2S. The Kier molecular flexibility index (Phi) is 4.86. The van der Waals surface area contributed by atoms with E-state index in [1.54, 1.807) is 11.8 Å². The number of benzene rings is 1. The third-order valence-electron chi connectivity index (χ3n) is 4.66. The molecule has 1 heterocycles. The van der Waals surface area contributed by atoms with Crippen molar-refractivity contribution in [1.29, 1.82) is 0 Å². The van der Waals surface area contributed by atoms with Crippen molar-refractivity contribution in [3.8, 4) is 0 Å². The molecule has 2 N–H and O–H groups in total. The number of thioether (sulfide) groups is 1. The molecule has 21 heavy (non-hydrogen) atoms. The third-order valence-corrected chi connectivity index (χ3v) is 5.90. The number of fused-ring (bicyclic) bond motifs is 1. The average Bonchev–Trinajstić information content (AvgIpc) is 3.06. The van der Waals surface area contributed by atoms with E-state index >= 15 is 0 Å². The van der Waals surface area contributed by atoms with Gasteiger partial charge in [-0.25, -0.2) is 0 Å². The van der Waals surface area contributed by atoms with Gasteiger partial charge in [-0.2, -0.15) is 0 Å². The molecule has 0 unspecified atom stereocenters. The van der Waals surface area contributed by atoms with Gasteiger partial charge in [-0.05, 0) is 42.1 Å². The molecule has 1 saturated carbocycles. The van der Waals surface area contributed by atoms with Gasteiger partial charge in [0.2, 0.25) is 5.91 Å². The maximum Gasteiger partial charge on any atom is 0.237 e. The van der Waals surface area contributed by atoms with Crippen LogP contribution in [0.15, 0.2) is 24.3 Å². The largest absolute Gasteiger partial charge is 0.391 e. The van der Waals surface area contributed by atoms with E-state index in [9.17, 15) is 9.90 Å². The normalized spacial score (nSPS) is 23.6. The number of carbonyl (C=O) groups excluding carboxylic acids is 1. The van der Waals surface area contributed by atoms with Crippen molar-refractivity contribution in [3.63, 3.8) is 0 Å². The number of carbonyl (C=O) groups is 1. The first-order valence-corrected chi connectivity index (χ1v) is 8.96. The lowest BCUT2D eigenvalue weighted by molar-refractivity contribution is -0.121. The Morgan fingerprint density at radius 2 is 2.10 bits per heavy atom. The van der Waals surface area contributed by atoms with E-state index in [1.807, 2.05) is 12.1 Å². The molecule has 2 atom stereocenters. The Hall–Kier alpha value is -1.00. The fourth-order valence-corrected chi connectivity index (χ4v) is 4.64. The van der Waals surface area contributed by atoms with Gasteiger partial charge in [-0.15, -0.1) is 11.8 Å². The van der Waals surface area contributed by atoms with Gasteiger partial charge >= 0.3 is 0 Å². The maximum absolute atomic E-state index is 12.4. The summed E-state index contributed by atoms with van der Waals surface area (Å²) in [6.07, 6.45) is 5.26. The van der Waals surface area contributed by atoms with Gasteiger partial charge in [0.25, 0.3) is 0 Å². The van der Waals surface area contributed by atoms with Gasteiger partial charge < -0.3 is 10.4 Å². The molecule has 0 bridgehead atoms. The first kappa shape index (κ1) is 14.9. The van der Waals surface area contributed by atoms with Crippen molar-refractivity contribution in [2.45, 2.75) is 43.5 Å². The summed E-state index contributed by atoms with van der Waals surface area (Å²) in [5, 5.41) is 13.0. The van der Waals surface area contributed by atoms with Crippen molar-refractivity contribution < 1.29 is 9.90 Å². The Labute approximate surface area is 130 Å². The van der Waals surface area contributed by atoms with Crippen molar-refractivity contribution in [2.24, 2.45) is 5.92 Å². The second-order valence-corrected chi connectivity index (χ2v) is 7.27. The van der Waals surface area contributed by atoms with Crippen LogP contribution in [-0.2, 0) is 11.2 Å². The smallest absolute Gasteiger partial charge is 0.237 e. The highest BCUT2D eigenvalue weighted by molar-refractivity contribution is 8.00. The second kappa shape index (κ2) is 6.84. The molecule has 0 radical (unpaired) electrons. The fourth-order valence-electron chi connectivity index (χ4n) is 3.42. The van der Waals surface area contributed by atoms with E-state index in [2.05, 4.69) is 17.4 Å². The minimum Gasteiger partial charge on any atom is -0.391 e. The second-order valence-electron chi connectivity index (χ2n) is 6.06. The number of aliphatic hydroxyl groups is 1. The molecule has 3 nitrogen and oxygen atoms in total. The van der Waals surface area contributed by atoms with Crippen LogP contribution in [0.3, 0.4) is 0 Å². The van der Waals surface area contributed by atoms with E-state index in [1.165, 1.54) is 18.4 Å². The predicted octanol–water partition coefficient (Wildman–Crippen LogP) is 2.68. The number of aryl methyl sites for hydroxylation is 1. The topological polar surface area (TPSA) is 49.3 Å². The summed E-state index contributed by atoms with van der Waals surface area (Å²) in [4.78, 5) is 12.4. The van der Waals surface area contributed by atoms with Crippen LogP contribution in [0.4, 0.5) is 0 Å². The van der Waals surface area contributed by atoms with Crippen molar-refractivity contribution >= 4 is 17.7 Å². The molecule has 3 rings (SSSR count). The van der Waals surface area contributed by atoms with Gasteiger partial charge in [0.15, 0.2) is 0 Å². The number of rotatable bonds is 4. The average molecular weight is 305 g/mol. The van der Waals surface area contributed by atoms with Crippen molar-refractivity contribution in [2.75, 3.05) is 12.3 Å². The van der Waals surface area contributed by atoms with Gasteiger partial charge in [0.05, 0.1) is 6.10 Å². The number of aliphatic hydroxyl groups excluding tert-OH is 1. The zero-order chi connectivity index (χ0) is 14.7. The zero-order valence-electron chi connectivity index (χ0n) is 12.3. The summed E-state index contributed by atoms with van der Waals surface area (Å²) < 4.78 is 0. The van der Waals surface area contributed by atoms with E-state index in [0.29, 0.717) is 12.5 Å². The molecule has 114 valence electrons. The van der Waals surface area contributed by atoms with Crippen LogP contribution in [-0.4, -0.2) is 29.4 Å². The standard InChI is InChI=1S/C17H23NO2S/c19-15(13-6-1-2-7-13)11-18-17(20)16-14-8-4-3-5-12(14)9-10-21-16/h3-5,8,13,15-16,19H,1-2,6-7,9-11H2,(H,18,20)/t15-,16-/m0/s1. The highest BCUT2D eigenvalue weighted by atomic mass is 32.2. The molecule has 0 aromatic heterocycles. The number of amides is 1. The summed E-state index contributed by atoms with van der Waals surface area (Å²) >= 11 is 1.70. The minimum atomic E-state index is -0.389. The van der Waals surface area contributed by atoms with Crippen LogP contribution in [0.25, 0.3) is 0 Å². The lowest BCUT2D eigenvalue weighted by Gasteiger charge is -2.25. The zero-order valence-corrected chi connectivity index (χ0v) is 13.1. The molecule has 0 spiro atoms. The molecule has 4 heteroatoms. The molecule has 1 amide bonds. The Balaban J connectivity index is 1.58. The minimum absolute atomic E-state index is 0.0456. The highest BCUT2D eigenvalue weighted by Crippen LogP contribution is 2.36. The first-order valence-electron chi connectivity index (χ1n) is 7.91. The van der Waals surface area contributed by atoms with E-state index in [4.69, 9.17) is 0 Å². The van der Waals surface area contributed by atoms with Gasteiger partial charge in [0, 0.05) is 6.54 Å². The molecule has 1 aromatic carbocycles. The predicted molar refractivity (Wildman–Crippen MR) is 86.3 cm³/mol. The quantitative estimate of drug-likeness (QED) is 0.899. The Morgan fingerprint density at radius 3 is 2.90 bits per heavy atom. The van der Waals surface area contributed by atoms with Crippen LogP contribution in [0.2, 0.25) is 0 Å². The fraction of sp³-hybridized carbons (Fsp3) is 0.588. The van der Waals surface area contributed by atoms with Gasteiger partial charge in [-0.1, -0.05) is 37.1 Å². The molecular weight excluding hydrogens is 282 g/mol. The molecule has 2 aliphatic rings. The third kappa shape index (κ3) is 3.43. The van der Waals surface area contributed by atoms with Crippen LogP contribution in [0, 0.1) is 5.92 Å². The summed E-state index contributed by atoms with van der Waals surface area (Å²) in [6.45, 7) is 0.392. The van der Waals surface area contributed by atoms with Crippen molar-refractivity contribution in [3.05, 3.63) is 35.4 Å². The van der Waals surface area contributed by atoms with Gasteiger partial charge in [0.1, 0.15) is 5.25 Å². The summed E-state index contributed by atoms with van der Waals surface area (Å²) in [6, 6.07) is 8.20. The monoisotopic (exact) mass is 305 g/mol. The molecule has 1 aliphatic heterocycles. The van der Waals surface area contributed by atoms with Gasteiger partial charge in [-0.3, -0.25) is 4.79 Å². The number of hydrogen-bond donors (Lipinski definition) is 2. The number of nitrogens with one attached hydrogen (secondary N) is 1. The Morgan fingerprint density at radius 1 is 1.33 bits per heavy atom. The lowest BCUT2D eigenvalue weighted by Crippen LogP contribution is -2.38. The van der Waals surface area contributed by atoms with E-state index in [-0.39, 0.29) is 17.3 Å². The summed E-state index contributed by atoms with van der Waals surface area (Å²) in [5.74, 6) is 1.40. The van der Waals surface area contributed by atoms with E-state index < -0.39 is 0 Å². The molecule has 1 aliphatic carbocycles. The molecule has 1 fully saturated rings. The Bertz CT molecular complexity index is 499. The van der Waals surface area contributed by atoms with Crippen LogP contribution < -0.4 is 5.32 Å². The highest BCUT2D eigenvalue weighted by Gasteiger charge is 2.28. The van der Waals surface area contributed by atoms with E-state index in [0.717, 1.165) is 30.6 Å². The van der Waals surface area contributed by atoms with Crippen LogP contribution in [0.1, 0.15) is 42.1 Å².